The molecule has 0 aliphatic carbocycles. The molecule has 340 valence electrons. The molecule has 0 radical (unpaired) electrons. The highest BCUT2D eigenvalue weighted by molar-refractivity contribution is 8.01. The maximum atomic E-state index is 11.7. The van der Waals surface area contributed by atoms with E-state index in [4.69, 9.17) is 9.47 Å². The number of thioether (sulfide) groups is 2. The lowest BCUT2D eigenvalue weighted by molar-refractivity contribution is -0.121. The van der Waals surface area contributed by atoms with Crippen molar-refractivity contribution < 1.29 is 49.1 Å². The molecule has 2 aromatic carbocycles. The fraction of sp³-hybridized carbons (Fsp3) is 0.333. The van der Waals surface area contributed by atoms with Crippen molar-refractivity contribution in [1.29, 1.82) is 0 Å². The molecular weight excluding hydrogens is 925 g/mol. The first kappa shape index (κ1) is 47.8. The van der Waals surface area contributed by atoms with Gasteiger partial charge in [-0.15, -0.1) is 40.9 Å². The summed E-state index contributed by atoms with van der Waals surface area (Å²) in [5, 5.41) is 84.6. The Morgan fingerprint density at radius 2 is 1.03 bits per heavy atom. The SMILES string of the molecule is CC(C)(C)c1nn(-c2cc(OC=O)cc(C(=O)O)c2)c(O)c1N=Nc1nnc(SCCCCCSc2nnc(N=Nc3c(C(C)(C)C)nn(-c4cc(OC=O)cc(C(=O)O)c4)c3O)s2)s1. The van der Waals surface area contributed by atoms with Crippen LogP contribution in [0.3, 0.4) is 0 Å². The number of hydrogen-bond acceptors (Lipinski definition) is 22. The summed E-state index contributed by atoms with van der Waals surface area (Å²) in [6.07, 6.45) is 2.74. The lowest BCUT2D eigenvalue weighted by Gasteiger charge is -2.15. The summed E-state index contributed by atoms with van der Waals surface area (Å²) in [5.74, 6) is -1.88. The fourth-order valence-electron chi connectivity index (χ4n) is 5.75. The molecule has 4 heterocycles. The van der Waals surface area contributed by atoms with Crippen LogP contribution < -0.4 is 9.47 Å². The Morgan fingerprint density at radius 1 is 0.631 bits per heavy atom. The van der Waals surface area contributed by atoms with Crippen LogP contribution in [0.2, 0.25) is 0 Å². The Bertz CT molecular complexity index is 2600. The third-order valence-corrected chi connectivity index (χ3v) is 12.8. The minimum atomic E-state index is -1.27. The second-order valence-electron chi connectivity index (χ2n) is 15.7. The van der Waals surface area contributed by atoms with Gasteiger partial charge in [-0.05, 0) is 37.1 Å². The summed E-state index contributed by atoms with van der Waals surface area (Å²) in [4.78, 5) is 45.4. The molecule has 0 bridgehead atoms. The average Bonchev–Trinajstić information content (AvgIpc) is 4.04. The van der Waals surface area contributed by atoms with Crippen molar-refractivity contribution in [3.63, 3.8) is 0 Å². The summed E-state index contributed by atoms with van der Waals surface area (Å²) in [6.45, 7) is 11.5. The number of carboxylic acids is 2. The van der Waals surface area contributed by atoms with E-state index in [-0.39, 0.29) is 68.6 Å². The lowest BCUT2D eigenvalue weighted by Crippen LogP contribution is -2.13. The van der Waals surface area contributed by atoms with Crippen LogP contribution in [0.5, 0.6) is 23.3 Å². The van der Waals surface area contributed by atoms with Crippen molar-refractivity contribution in [3.8, 4) is 34.6 Å². The molecule has 6 rings (SSSR count). The number of benzene rings is 2. The van der Waals surface area contributed by atoms with E-state index < -0.39 is 34.5 Å². The number of aromatic carboxylic acids is 2. The van der Waals surface area contributed by atoms with E-state index in [0.717, 1.165) is 40.1 Å². The topological polar surface area (TPSA) is 304 Å². The number of nitrogens with zero attached hydrogens (tertiary/aromatic N) is 12. The molecule has 0 unspecified atom stereocenters. The van der Waals surface area contributed by atoms with Crippen molar-refractivity contribution >= 4 is 92.7 Å². The Hall–Kier alpha value is -6.64. The fourth-order valence-corrected chi connectivity index (χ4v) is 9.21. The molecule has 0 amide bonds. The number of carbonyl (C=O) groups excluding carboxylic acids is 2. The van der Waals surface area contributed by atoms with Gasteiger partial charge >= 0.3 is 11.9 Å². The average molecular weight is 965 g/mol. The highest BCUT2D eigenvalue weighted by Crippen LogP contribution is 2.43. The summed E-state index contributed by atoms with van der Waals surface area (Å²) >= 11 is 5.53. The molecule has 65 heavy (non-hydrogen) atoms. The zero-order chi connectivity index (χ0) is 47.1. The van der Waals surface area contributed by atoms with Gasteiger partial charge in [0.1, 0.15) is 11.5 Å². The molecule has 0 saturated heterocycles. The van der Waals surface area contributed by atoms with Gasteiger partial charge in [0.25, 0.3) is 23.2 Å². The second kappa shape index (κ2) is 20.5. The van der Waals surface area contributed by atoms with Gasteiger partial charge in [-0.25, -0.2) is 9.59 Å². The first-order valence-corrected chi connectivity index (χ1v) is 22.9. The Kier molecular flexibility index (Phi) is 15.1. The first-order chi connectivity index (χ1) is 30.9. The van der Waals surface area contributed by atoms with Gasteiger partial charge < -0.3 is 29.9 Å². The minimum Gasteiger partial charge on any atom is -0.492 e. The zero-order valence-corrected chi connectivity index (χ0v) is 38.7. The molecule has 0 saturated carbocycles. The summed E-state index contributed by atoms with van der Waals surface area (Å²) in [5.41, 5.74) is -0.486. The standard InChI is InChI=1S/C39H40N12O10S4/c1-38(2,3)28-26(30(54)50(48-28)22-12-20(32(56)57)14-24(16-22)60-18-52)40-42-34-44-46-36(64-34)62-10-8-7-9-11-63-37-47-45-35(65-37)43-41-27-29(39(4,5)6)49-51(31(27)55)23-13-21(33(58)59)15-25(17-23)61-19-53/h12-19,54-55H,7-11H2,1-6H3,(H,56,57)(H,58,59). The van der Waals surface area contributed by atoms with Gasteiger partial charge in [0.2, 0.25) is 11.8 Å². The van der Waals surface area contributed by atoms with Crippen molar-refractivity contribution in [3.05, 3.63) is 58.9 Å². The number of carbonyl (C=O) groups is 4. The van der Waals surface area contributed by atoms with Gasteiger partial charge in [-0.3, -0.25) is 9.59 Å². The van der Waals surface area contributed by atoms with Crippen molar-refractivity contribution in [1.82, 2.24) is 40.0 Å². The molecule has 22 nitrogen and oxygen atoms in total. The molecule has 4 aromatic heterocycles. The number of aromatic hydroxyl groups is 2. The molecule has 26 heteroatoms. The minimum absolute atomic E-state index is 0.0503. The smallest absolute Gasteiger partial charge is 0.335 e. The predicted octanol–water partition coefficient (Wildman–Crippen LogP) is 9.12. The second-order valence-corrected chi connectivity index (χ2v) is 20.3. The Morgan fingerprint density at radius 3 is 1.38 bits per heavy atom. The molecule has 0 spiro atoms. The van der Waals surface area contributed by atoms with Gasteiger partial charge in [0.15, 0.2) is 20.1 Å². The quantitative estimate of drug-likeness (QED) is 0.0240. The van der Waals surface area contributed by atoms with E-state index in [0.29, 0.717) is 20.1 Å². The number of hydrogen-bond donors (Lipinski definition) is 4. The largest absolute Gasteiger partial charge is 0.492 e. The zero-order valence-electron chi connectivity index (χ0n) is 35.4. The highest BCUT2D eigenvalue weighted by Gasteiger charge is 2.30. The lowest BCUT2D eigenvalue weighted by atomic mass is 9.91. The maximum absolute atomic E-state index is 11.7. The van der Waals surface area contributed by atoms with Gasteiger partial charge in [-0.2, -0.15) is 19.6 Å². The van der Waals surface area contributed by atoms with Crippen LogP contribution in [0.15, 0.2) is 65.5 Å². The summed E-state index contributed by atoms with van der Waals surface area (Å²) < 4.78 is 13.3. The van der Waals surface area contributed by atoms with E-state index >= 15 is 0 Å². The third-order valence-electron chi connectivity index (χ3n) is 8.73. The normalized spacial score (nSPS) is 12.0. The van der Waals surface area contributed by atoms with Gasteiger partial charge in [-0.1, -0.05) is 94.2 Å². The third kappa shape index (κ3) is 11.9. The molecule has 4 N–H and O–H groups in total. The van der Waals surface area contributed by atoms with Crippen LogP contribution in [0.1, 0.15) is 92.9 Å². The maximum Gasteiger partial charge on any atom is 0.335 e. The number of aromatic nitrogens is 8. The molecule has 0 fully saturated rings. The molecule has 0 aliphatic rings. The van der Waals surface area contributed by atoms with Crippen LogP contribution in [-0.2, 0) is 20.4 Å². The molecule has 6 aromatic rings. The van der Waals surface area contributed by atoms with Crippen LogP contribution in [0.25, 0.3) is 11.4 Å². The van der Waals surface area contributed by atoms with Crippen LogP contribution in [0, 0.1) is 0 Å². The number of azo groups is 2. The number of ether oxygens (including phenoxy) is 2. The van der Waals surface area contributed by atoms with E-state index in [1.807, 2.05) is 41.5 Å². The van der Waals surface area contributed by atoms with E-state index in [9.17, 15) is 39.6 Å². The first-order valence-electron chi connectivity index (χ1n) is 19.3. The highest BCUT2D eigenvalue weighted by atomic mass is 32.2. The summed E-state index contributed by atoms with van der Waals surface area (Å²) in [7, 11) is 0. The summed E-state index contributed by atoms with van der Waals surface area (Å²) in [6, 6.07) is 7.61. The Labute approximate surface area is 385 Å². The van der Waals surface area contributed by atoms with Crippen LogP contribution in [-0.4, -0.2) is 96.8 Å². The van der Waals surface area contributed by atoms with Crippen LogP contribution >= 0.6 is 46.2 Å². The number of unbranched alkanes of at least 4 members (excludes halogenated alkanes) is 2. The van der Waals surface area contributed by atoms with Crippen molar-refractivity contribution in [2.45, 2.75) is 80.3 Å². The van der Waals surface area contributed by atoms with E-state index in [1.54, 1.807) is 0 Å². The molecular formula is C39H40N12O10S4. The Balaban J connectivity index is 1.01. The van der Waals surface area contributed by atoms with Gasteiger partial charge in [0, 0.05) is 34.5 Å². The van der Waals surface area contributed by atoms with Crippen LogP contribution in [0.4, 0.5) is 21.6 Å². The predicted molar refractivity (Wildman–Crippen MR) is 239 cm³/mol. The molecule has 0 atom stereocenters. The van der Waals surface area contributed by atoms with E-state index in [2.05, 4.69) is 51.0 Å². The van der Waals surface area contributed by atoms with Crippen molar-refractivity contribution in [2.75, 3.05) is 11.5 Å². The monoisotopic (exact) mass is 964 g/mol. The number of carboxylic acid groups (broad SMARTS) is 2. The molecule has 0 aliphatic heterocycles. The van der Waals surface area contributed by atoms with Crippen molar-refractivity contribution in [2.24, 2.45) is 20.5 Å². The van der Waals surface area contributed by atoms with E-state index in [1.165, 1.54) is 82.6 Å². The van der Waals surface area contributed by atoms with Gasteiger partial charge in [0.05, 0.1) is 33.9 Å². The number of rotatable bonds is 20.